The first kappa shape index (κ1) is 44.6. The van der Waals surface area contributed by atoms with Crippen LogP contribution in [0.5, 0.6) is 0 Å². The van der Waals surface area contributed by atoms with Crippen molar-refractivity contribution in [3.8, 4) is 0 Å². The van der Waals surface area contributed by atoms with Gasteiger partial charge in [0.2, 0.25) is 0 Å². The van der Waals surface area contributed by atoms with Crippen molar-refractivity contribution < 1.29 is 0 Å². The van der Waals surface area contributed by atoms with Gasteiger partial charge in [0.15, 0.2) is 0 Å². The van der Waals surface area contributed by atoms with Gasteiger partial charge in [-0.1, -0.05) is 152 Å². The van der Waals surface area contributed by atoms with Gasteiger partial charge in [-0.3, -0.25) is 0 Å². The lowest BCUT2D eigenvalue weighted by molar-refractivity contribution is 0.203. The third-order valence-corrected chi connectivity index (χ3v) is 9.17. The molecule has 0 bridgehead atoms. The largest absolute Gasteiger partial charge is 0.309 e. The Labute approximate surface area is 291 Å². The highest BCUT2D eigenvalue weighted by Gasteiger charge is 2.14. The van der Waals surface area contributed by atoms with E-state index in [1.165, 1.54) is 154 Å². The van der Waals surface area contributed by atoms with Crippen LogP contribution in [0.25, 0.3) is 0 Å². The van der Waals surface area contributed by atoms with Crippen molar-refractivity contribution in [3.63, 3.8) is 0 Å². The van der Waals surface area contributed by atoms with Gasteiger partial charge >= 0.3 is 0 Å². The average molecular weight is 639 g/mol. The van der Waals surface area contributed by atoms with E-state index >= 15 is 0 Å². The number of hydrogen-bond donors (Lipinski definition) is 0. The van der Waals surface area contributed by atoms with E-state index in [2.05, 4.69) is 106 Å². The molecule has 0 amide bonds. The van der Waals surface area contributed by atoms with Crippen LogP contribution in [-0.4, -0.2) is 50.1 Å². The molecule has 0 saturated heterocycles. The Morgan fingerprint density at radius 1 is 0.391 bits per heavy atom. The van der Waals surface area contributed by atoms with Gasteiger partial charge in [0, 0.05) is 6.04 Å². The monoisotopic (exact) mass is 639 g/mol. The second kappa shape index (κ2) is 38.1. The van der Waals surface area contributed by atoms with E-state index in [1.807, 2.05) is 0 Å². The summed E-state index contributed by atoms with van der Waals surface area (Å²) in [6, 6.07) is 0.784. The molecule has 0 aromatic carbocycles. The summed E-state index contributed by atoms with van der Waals surface area (Å²) in [4.78, 5) is 5.04. The van der Waals surface area contributed by atoms with E-state index < -0.39 is 0 Å². The Morgan fingerprint density at radius 2 is 0.783 bits per heavy atom. The van der Waals surface area contributed by atoms with Gasteiger partial charge in [0.25, 0.3) is 0 Å². The quantitative estimate of drug-likeness (QED) is 0.0503. The summed E-state index contributed by atoms with van der Waals surface area (Å²) < 4.78 is 0. The molecular weight excluding hydrogens is 556 g/mol. The molecule has 1 atom stereocenters. The standard InChI is InChI=1S/C44H82N2/c1-6-8-10-12-14-16-18-20-22-24-26-28-30-32-34-36-40-44(46(5)43-39-38-42-45(3)4)41-37-35-33-31-29-27-25-23-21-19-17-15-13-11-9-7-2/h8,10,14-17,20-23,44H,6-7,9,11-13,18-19,24-43H2,1-5H3/b10-8+,16-14-,17-15-,22-20-,23-21-. The lowest BCUT2D eigenvalue weighted by Gasteiger charge is -2.28. The Balaban J connectivity index is 4.04. The highest BCUT2D eigenvalue weighted by atomic mass is 15.1. The second-order valence-corrected chi connectivity index (χ2v) is 14.0. The molecule has 0 radical (unpaired) electrons. The van der Waals surface area contributed by atoms with Crippen LogP contribution in [0.2, 0.25) is 0 Å². The number of hydrogen-bond acceptors (Lipinski definition) is 2. The Kier molecular flexibility index (Phi) is 36.9. The van der Waals surface area contributed by atoms with Crippen LogP contribution in [0.3, 0.4) is 0 Å². The van der Waals surface area contributed by atoms with Crippen LogP contribution in [0.15, 0.2) is 60.8 Å². The summed E-state index contributed by atoms with van der Waals surface area (Å²) in [5, 5.41) is 0. The molecule has 2 heteroatoms. The van der Waals surface area contributed by atoms with Gasteiger partial charge in [-0.2, -0.15) is 0 Å². The fourth-order valence-corrected chi connectivity index (χ4v) is 6.10. The van der Waals surface area contributed by atoms with Crippen molar-refractivity contribution >= 4 is 0 Å². The summed E-state index contributed by atoms with van der Waals surface area (Å²) >= 11 is 0. The Bertz CT molecular complexity index is 728. The summed E-state index contributed by atoms with van der Waals surface area (Å²) in [6.07, 6.45) is 57.8. The number of nitrogens with zero attached hydrogens (tertiary/aromatic N) is 2. The van der Waals surface area contributed by atoms with Gasteiger partial charge in [-0.05, 0) is 124 Å². The number of rotatable bonds is 35. The molecule has 46 heavy (non-hydrogen) atoms. The maximum Gasteiger partial charge on any atom is 0.00922 e. The molecule has 0 aliphatic rings. The molecule has 1 unspecified atom stereocenters. The molecule has 0 saturated carbocycles. The van der Waals surface area contributed by atoms with Crippen LogP contribution < -0.4 is 0 Å². The molecular formula is C44H82N2. The van der Waals surface area contributed by atoms with Gasteiger partial charge in [0.1, 0.15) is 0 Å². The summed E-state index contributed by atoms with van der Waals surface area (Å²) in [7, 11) is 6.80. The predicted molar refractivity (Wildman–Crippen MR) is 212 cm³/mol. The normalized spacial score (nSPS) is 13.5. The third-order valence-electron chi connectivity index (χ3n) is 9.17. The van der Waals surface area contributed by atoms with Crippen LogP contribution in [0, 0.1) is 0 Å². The Morgan fingerprint density at radius 3 is 1.24 bits per heavy atom. The lowest BCUT2D eigenvalue weighted by Crippen LogP contribution is -2.33. The van der Waals surface area contributed by atoms with Gasteiger partial charge in [-0.25, -0.2) is 0 Å². The fraction of sp³-hybridized carbons (Fsp3) is 0.773. The third kappa shape index (κ3) is 35.5. The van der Waals surface area contributed by atoms with Crippen molar-refractivity contribution in [1.29, 1.82) is 0 Å². The van der Waals surface area contributed by atoms with Crippen molar-refractivity contribution in [1.82, 2.24) is 9.80 Å². The van der Waals surface area contributed by atoms with E-state index in [-0.39, 0.29) is 0 Å². The smallest absolute Gasteiger partial charge is 0.00922 e. The predicted octanol–water partition coefficient (Wildman–Crippen LogP) is 13.8. The molecule has 2 nitrogen and oxygen atoms in total. The first-order valence-corrected chi connectivity index (χ1v) is 20.2. The van der Waals surface area contributed by atoms with Gasteiger partial charge in [0.05, 0.1) is 0 Å². The summed E-state index contributed by atoms with van der Waals surface area (Å²) in [6.45, 7) is 6.94. The first-order valence-electron chi connectivity index (χ1n) is 20.2. The van der Waals surface area contributed by atoms with Crippen molar-refractivity contribution in [2.24, 2.45) is 0 Å². The maximum absolute atomic E-state index is 2.71. The van der Waals surface area contributed by atoms with E-state index in [0.29, 0.717) is 0 Å². The van der Waals surface area contributed by atoms with E-state index in [1.54, 1.807) is 0 Å². The highest BCUT2D eigenvalue weighted by Crippen LogP contribution is 2.19. The second-order valence-electron chi connectivity index (χ2n) is 14.0. The molecule has 0 N–H and O–H groups in total. The highest BCUT2D eigenvalue weighted by molar-refractivity contribution is 4.97. The molecule has 0 rings (SSSR count). The zero-order chi connectivity index (χ0) is 33.6. The Hall–Kier alpha value is -1.38. The molecule has 0 aromatic heterocycles. The molecule has 0 fully saturated rings. The summed E-state index contributed by atoms with van der Waals surface area (Å²) in [5.41, 5.74) is 0. The van der Waals surface area contributed by atoms with E-state index in [9.17, 15) is 0 Å². The van der Waals surface area contributed by atoms with Crippen LogP contribution in [0.1, 0.15) is 181 Å². The molecule has 0 aliphatic carbocycles. The molecule has 0 spiro atoms. The number of unbranched alkanes of at least 4 members (excludes halogenated alkanes) is 16. The topological polar surface area (TPSA) is 6.48 Å². The number of allylic oxidation sites excluding steroid dienone is 10. The maximum atomic E-state index is 2.71. The molecule has 0 aliphatic heterocycles. The van der Waals surface area contributed by atoms with Crippen LogP contribution in [-0.2, 0) is 0 Å². The molecule has 0 aromatic rings. The fourth-order valence-electron chi connectivity index (χ4n) is 6.10. The summed E-state index contributed by atoms with van der Waals surface area (Å²) in [5.74, 6) is 0. The minimum atomic E-state index is 0.784. The van der Waals surface area contributed by atoms with E-state index in [4.69, 9.17) is 0 Å². The zero-order valence-electron chi connectivity index (χ0n) is 32.0. The zero-order valence-corrected chi connectivity index (χ0v) is 32.0. The van der Waals surface area contributed by atoms with Crippen molar-refractivity contribution in [2.45, 2.75) is 187 Å². The molecule has 0 heterocycles. The average Bonchev–Trinajstić information content (AvgIpc) is 3.05. The SMILES string of the molecule is CC/C=C/C/C=C\C/C=C\CCCCCCCCC(CCCCCCCC/C=C\C/C=C\CCCCC)N(C)CCCCN(C)C. The minimum Gasteiger partial charge on any atom is -0.309 e. The van der Waals surface area contributed by atoms with Crippen molar-refractivity contribution in [2.75, 3.05) is 34.2 Å². The molecule has 268 valence electrons. The lowest BCUT2D eigenvalue weighted by atomic mass is 9.98. The first-order chi connectivity index (χ1) is 22.6. The van der Waals surface area contributed by atoms with E-state index in [0.717, 1.165) is 31.7 Å². The minimum absolute atomic E-state index is 0.784. The van der Waals surface area contributed by atoms with Crippen LogP contribution >= 0.6 is 0 Å². The van der Waals surface area contributed by atoms with Crippen molar-refractivity contribution in [3.05, 3.63) is 60.8 Å². The van der Waals surface area contributed by atoms with Gasteiger partial charge < -0.3 is 9.80 Å². The van der Waals surface area contributed by atoms with Crippen LogP contribution in [0.4, 0.5) is 0 Å². The van der Waals surface area contributed by atoms with Gasteiger partial charge in [-0.15, -0.1) is 0 Å².